The quantitative estimate of drug-likeness (QED) is 0.675. The van der Waals surface area contributed by atoms with E-state index in [1.165, 1.54) is 18.2 Å². The molecule has 3 aromatic rings. The topological polar surface area (TPSA) is 38.7 Å². The van der Waals surface area contributed by atoms with Gasteiger partial charge < -0.3 is 14.6 Å². The number of hydrogen-bond acceptors (Lipinski definition) is 3. The molecule has 0 saturated heterocycles. The number of hydrogen-bond donors (Lipinski definition) is 1. The fourth-order valence-electron chi connectivity index (χ4n) is 2.95. The van der Waals surface area contributed by atoms with Crippen LogP contribution in [0.4, 0.5) is 8.78 Å². The number of rotatable bonds is 4. The molecule has 0 aromatic heterocycles. The highest BCUT2D eigenvalue weighted by Crippen LogP contribution is 2.50. The SMILES string of the molecule is OC1(C=Cc2cccc(Oc3ccccc3)c2)c2ccccc2OC1(F)F. The lowest BCUT2D eigenvalue weighted by Gasteiger charge is -2.24. The molecule has 0 amide bonds. The zero-order valence-electron chi connectivity index (χ0n) is 14.2. The molecule has 0 radical (unpaired) electrons. The molecule has 1 aliphatic rings. The van der Waals surface area contributed by atoms with Gasteiger partial charge >= 0.3 is 6.11 Å². The largest absolute Gasteiger partial charge is 0.457 e. The summed E-state index contributed by atoms with van der Waals surface area (Å²) in [4.78, 5) is 0. The summed E-state index contributed by atoms with van der Waals surface area (Å²) in [7, 11) is 0. The Bertz CT molecular complexity index is 986. The Morgan fingerprint density at radius 2 is 1.56 bits per heavy atom. The van der Waals surface area contributed by atoms with E-state index in [-0.39, 0.29) is 11.3 Å². The second-order valence-corrected chi connectivity index (χ2v) is 6.20. The van der Waals surface area contributed by atoms with Gasteiger partial charge in [-0.05, 0) is 42.0 Å². The Labute approximate surface area is 155 Å². The number of fused-ring (bicyclic) bond motifs is 1. The third kappa shape index (κ3) is 3.17. The minimum atomic E-state index is -3.76. The Balaban J connectivity index is 1.62. The van der Waals surface area contributed by atoms with Crippen molar-refractivity contribution in [2.75, 3.05) is 0 Å². The summed E-state index contributed by atoms with van der Waals surface area (Å²) in [5.41, 5.74) is -1.90. The van der Waals surface area contributed by atoms with Crippen molar-refractivity contribution < 1.29 is 23.4 Å². The minimum Gasteiger partial charge on any atom is -0.457 e. The molecule has 3 aromatic carbocycles. The zero-order chi connectivity index (χ0) is 18.9. The lowest BCUT2D eigenvalue weighted by Crippen LogP contribution is -2.42. The van der Waals surface area contributed by atoms with Crippen LogP contribution in [-0.2, 0) is 5.60 Å². The van der Waals surface area contributed by atoms with Crippen LogP contribution in [0.5, 0.6) is 17.2 Å². The highest BCUT2D eigenvalue weighted by atomic mass is 19.3. The molecule has 136 valence electrons. The third-order valence-electron chi connectivity index (χ3n) is 4.33. The van der Waals surface area contributed by atoms with Gasteiger partial charge in [-0.2, -0.15) is 8.78 Å². The van der Waals surface area contributed by atoms with E-state index in [2.05, 4.69) is 4.74 Å². The Kier molecular flexibility index (Phi) is 4.16. The average Bonchev–Trinajstić information content (AvgIpc) is 2.87. The van der Waals surface area contributed by atoms with Crippen LogP contribution in [0.15, 0.2) is 84.9 Å². The van der Waals surface area contributed by atoms with E-state index >= 15 is 0 Å². The summed E-state index contributed by atoms with van der Waals surface area (Å²) < 4.78 is 39.0. The van der Waals surface area contributed by atoms with Crippen LogP contribution < -0.4 is 9.47 Å². The Hall–Kier alpha value is -3.18. The van der Waals surface area contributed by atoms with Crippen molar-refractivity contribution in [1.29, 1.82) is 0 Å². The maximum Gasteiger partial charge on any atom is 0.435 e. The van der Waals surface area contributed by atoms with Gasteiger partial charge in [-0.3, -0.25) is 0 Å². The second kappa shape index (κ2) is 6.52. The number of para-hydroxylation sites is 2. The number of benzene rings is 3. The van der Waals surface area contributed by atoms with Gasteiger partial charge in [0.1, 0.15) is 17.2 Å². The maximum absolute atomic E-state index is 14.3. The molecular formula is C22H16F2O3. The zero-order valence-corrected chi connectivity index (χ0v) is 14.2. The van der Waals surface area contributed by atoms with Crippen molar-refractivity contribution in [1.82, 2.24) is 0 Å². The van der Waals surface area contributed by atoms with Crippen LogP contribution in [0.3, 0.4) is 0 Å². The molecule has 0 saturated carbocycles. The van der Waals surface area contributed by atoms with Crippen LogP contribution in [0.1, 0.15) is 11.1 Å². The van der Waals surface area contributed by atoms with Crippen LogP contribution in [-0.4, -0.2) is 11.2 Å². The molecule has 1 atom stereocenters. The average molecular weight is 366 g/mol. The van der Waals surface area contributed by atoms with Gasteiger partial charge in [-0.15, -0.1) is 0 Å². The Morgan fingerprint density at radius 1 is 0.852 bits per heavy atom. The van der Waals surface area contributed by atoms with E-state index in [4.69, 9.17) is 4.74 Å². The van der Waals surface area contributed by atoms with E-state index in [1.54, 1.807) is 36.4 Å². The van der Waals surface area contributed by atoms with Crippen LogP contribution in [0.2, 0.25) is 0 Å². The van der Waals surface area contributed by atoms with Crippen molar-refractivity contribution in [3.05, 3.63) is 96.1 Å². The summed E-state index contributed by atoms with van der Waals surface area (Å²) in [5.74, 6) is 1.20. The molecule has 4 rings (SSSR count). The number of halogens is 2. The molecule has 1 N–H and O–H groups in total. The first kappa shape index (κ1) is 17.2. The molecule has 1 heterocycles. The summed E-state index contributed by atoms with van der Waals surface area (Å²) >= 11 is 0. The first-order chi connectivity index (χ1) is 13.0. The van der Waals surface area contributed by atoms with Crippen LogP contribution >= 0.6 is 0 Å². The normalized spacial score (nSPS) is 20.3. The number of ether oxygens (including phenoxy) is 2. The standard InChI is InChI=1S/C22H16F2O3/c23-22(24)21(25,19-11-4-5-12-20(19)27-22)14-13-16-7-6-10-18(15-16)26-17-8-2-1-3-9-17/h1-15,25H. The highest BCUT2D eigenvalue weighted by molar-refractivity contribution is 5.57. The first-order valence-corrected chi connectivity index (χ1v) is 8.39. The van der Waals surface area contributed by atoms with Crippen LogP contribution in [0.25, 0.3) is 6.08 Å². The van der Waals surface area contributed by atoms with E-state index in [0.29, 0.717) is 17.1 Å². The smallest absolute Gasteiger partial charge is 0.435 e. The molecule has 0 aliphatic carbocycles. The lowest BCUT2D eigenvalue weighted by molar-refractivity contribution is -0.257. The molecule has 0 fully saturated rings. The van der Waals surface area contributed by atoms with E-state index in [1.807, 2.05) is 30.3 Å². The summed E-state index contributed by atoms with van der Waals surface area (Å²) in [6.45, 7) is 0. The van der Waals surface area contributed by atoms with Gasteiger partial charge in [0.05, 0.1) is 0 Å². The molecule has 3 nitrogen and oxygen atoms in total. The van der Waals surface area contributed by atoms with Crippen molar-refractivity contribution in [2.24, 2.45) is 0 Å². The number of alkyl halides is 2. The molecule has 1 unspecified atom stereocenters. The minimum absolute atomic E-state index is 0.0305. The van der Waals surface area contributed by atoms with E-state index in [9.17, 15) is 13.9 Å². The summed E-state index contributed by atoms with van der Waals surface area (Å²) in [6.07, 6.45) is -1.27. The van der Waals surface area contributed by atoms with Crippen LogP contribution in [0, 0.1) is 0 Å². The Morgan fingerprint density at radius 3 is 2.37 bits per heavy atom. The van der Waals surface area contributed by atoms with Crippen molar-refractivity contribution in [2.45, 2.75) is 11.7 Å². The summed E-state index contributed by atoms with van der Waals surface area (Å²) in [6, 6.07) is 22.2. The van der Waals surface area contributed by atoms with Gasteiger partial charge in [-0.1, -0.05) is 54.6 Å². The molecule has 0 bridgehead atoms. The summed E-state index contributed by atoms with van der Waals surface area (Å²) in [5, 5.41) is 10.6. The predicted octanol–water partition coefficient (Wildman–Crippen LogP) is 5.37. The second-order valence-electron chi connectivity index (χ2n) is 6.20. The van der Waals surface area contributed by atoms with Crippen molar-refractivity contribution in [3.8, 4) is 17.2 Å². The van der Waals surface area contributed by atoms with Crippen molar-refractivity contribution >= 4 is 6.08 Å². The molecule has 27 heavy (non-hydrogen) atoms. The van der Waals surface area contributed by atoms with E-state index in [0.717, 1.165) is 6.08 Å². The monoisotopic (exact) mass is 366 g/mol. The van der Waals surface area contributed by atoms with Gasteiger partial charge in [0, 0.05) is 5.56 Å². The van der Waals surface area contributed by atoms with Crippen molar-refractivity contribution in [3.63, 3.8) is 0 Å². The number of aliphatic hydroxyl groups is 1. The van der Waals surface area contributed by atoms with Gasteiger partial charge in [0.25, 0.3) is 0 Å². The fraction of sp³-hybridized carbons (Fsp3) is 0.0909. The molecule has 0 spiro atoms. The third-order valence-corrected chi connectivity index (χ3v) is 4.33. The lowest BCUT2D eigenvalue weighted by atomic mass is 9.93. The molecule has 5 heteroatoms. The highest BCUT2D eigenvalue weighted by Gasteiger charge is 2.61. The molecule has 1 aliphatic heterocycles. The van der Waals surface area contributed by atoms with E-state index < -0.39 is 11.7 Å². The first-order valence-electron chi connectivity index (χ1n) is 8.39. The van der Waals surface area contributed by atoms with Gasteiger partial charge in [-0.25, -0.2) is 0 Å². The fourth-order valence-corrected chi connectivity index (χ4v) is 2.95. The predicted molar refractivity (Wildman–Crippen MR) is 97.9 cm³/mol. The van der Waals surface area contributed by atoms with Gasteiger partial charge in [0.2, 0.25) is 5.60 Å². The maximum atomic E-state index is 14.3. The van der Waals surface area contributed by atoms with Gasteiger partial charge in [0.15, 0.2) is 0 Å². The molecular weight excluding hydrogens is 350 g/mol.